The van der Waals surface area contributed by atoms with Gasteiger partial charge in [-0.2, -0.15) is 0 Å². The minimum atomic E-state index is -1.75. The molecule has 1 fully saturated rings. The minimum Gasteiger partial charge on any atom is -0.496 e. The van der Waals surface area contributed by atoms with Gasteiger partial charge in [0.15, 0.2) is 11.5 Å². The largest absolute Gasteiger partial charge is 0.496 e. The Bertz CT molecular complexity index is 1800. The van der Waals surface area contributed by atoms with Crippen molar-refractivity contribution in [1.82, 2.24) is 9.80 Å². The maximum atomic E-state index is 13.9. The molecule has 1 saturated heterocycles. The average Bonchev–Trinajstić information content (AvgIpc) is 3.60. The van der Waals surface area contributed by atoms with Crippen LogP contribution in [-0.4, -0.2) is 98.8 Å². The Morgan fingerprint density at radius 3 is 1.26 bits per heavy atom. The molecule has 7 rings (SSSR count). The Kier molecular flexibility index (Phi) is 8.25. The quantitative estimate of drug-likeness (QED) is 0.373. The normalized spacial score (nSPS) is 27.1. The second-order valence-corrected chi connectivity index (χ2v) is 13.9. The zero-order chi connectivity index (χ0) is 35.9. The fourth-order valence-electron chi connectivity index (χ4n) is 7.93. The van der Waals surface area contributed by atoms with Crippen molar-refractivity contribution in [3.8, 4) is 34.5 Å². The van der Waals surface area contributed by atoms with Gasteiger partial charge in [0.1, 0.15) is 44.2 Å². The summed E-state index contributed by atoms with van der Waals surface area (Å²) in [6.07, 6.45) is 3.84. The lowest BCUT2D eigenvalue weighted by Crippen LogP contribution is -2.57. The minimum absolute atomic E-state index is 0.0837. The van der Waals surface area contributed by atoms with Crippen molar-refractivity contribution in [2.45, 2.75) is 37.9 Å². The Hall–Kier alpha value is -4.42. The maximum Gasteiger partial charge on any atom is 0.236 e. The summed E-state index contributed by atoms with van der Waals surface area (Å²) in [4.78, 5) is 59.7. The number of carbonyl (C=O) groups is 4. The number of carbonyl (C=O) groups excluding carboxylic acids is 4. The van der Waals surface area contributed by atoms with Crippen molar-refractivity contribution in [2.75, 3.05) is 54.6 Å². The van der Waals surface area contributed by atoms with E-state index >= 15 is 0 Å². The number of piperazine rings is 1. The van der Waals surface area contributed by atoms with Gasteiger partial charge in [-0.1, -0.05) is 37.0 Å². The van der Waals surface area contributed by atoms with Gasteiger partial charge in [0.2, 0.25) is 34.3 Å². The zero-order valence-electron chi connectivity index (χ0n) is 28.4. The summed E-state index contributed by atoms with van der Waals surface area (Å²) in [5.74, 6) is -1.73. The van der Waals surface area contributed by atoms with Gasteiger partial charge in [-0.3, -0.25) is 19.2 Å². The molecule has 4 atom stereocenters. The Morgan fingerprint density at radius 2 is 0.960 bits per heavy atom. The molecule has 0 unspecified atom stereocenters. The Balaban J connectivity index is 1.07. The second-order valence-electron chi connectivity index (χ2n) is 13.1. The van der Waals surface area contributed by atoms with Crippen molar-refractivity contribution in [3.05, 3.63) is 56.9 Å². The van der Waals surface area contributed by atoms with Gasteiger partial charge >= 0.3 is 0 Å². The lowest BCUT2D eigenvalue weighted by atomic mass is 9.73. The monoisotopic (exact) mass is 726 g/mol. The number of nitrogens with zero attached hydrogens (tertiary/aromatic N) is 2. The molecule has 12 nitrogen and oxygen atoms in total. The Labute approximate surface area is 298 Å². The molecular formula is C36H36Cl2N2O10. The van der Waals surface area contributed by atoms with Gasteiger partial charge in [-0.05, 0) is 12.8 Å². The van der Waals surface area contributed by atoms with E-state index in [1.807, 2.05) is 13.8 Å². The molecule has 5 aliphatic rings. The fraction of sp³-hybridized carbons (Fsp3) is 0.444. The topological polar surface area (TPSA) is 130 Å². The van der Waals surface area contributed by atoms with E-state index < -0.39 is 46.2 Å². The number of ether oxygens (including phenoxy) is 6. The third kappa shape index (κ3) is 4.56. The first-order chi connectivity index (χ1) is 23.9. The molecule has 2 aliphatic carbocycles. The smallest absolute Gasteiger partial charge is 0.236 e. The second kappa shape index (κ2) is 12.1. The van der Waals surface area contributed by atoms with Gasteiger partial charge in [0.25, 0.3) is 0 Å². The summed E-state index contributed by atoms with van der Waals surface area (Å²) in [5.41, 5.74) is -1.64. The molecule has 2 aromatic rings. The van der Waals surface area contributed by atoms with Gasteiger partial charge < -0.3 is 38.2 Å². The van der Waals surface area contributed by atoms with Crippen LogP contribution in [0.5, 0.6) is 34.5 Å². The van der Waals surface area contributed by atoms with Gasteiger partial charge in [-0.25, -0.2) is 0 Å². The summed E-state index contributed by atoms with van der Waals surface area (Å²) >= 11 is 13.0. The molecule has 0 radical (unpaired) electrons. The summed E-state index contributed by atoms with van der Waals surface area (Å²) < 4.78 is 33.9. The first kappa shape index (κ1) is 34.0. The van der Waals surface area contributed by atoms with Crippen LogP contribution in [0.1, 0.15) is 47.4 Å². The van der Waals surface area contributed by atoms with Crippen LogP contribution in [0.4, 0.5) is 0 Å². The summed E-state index contributed by atoms with van der Waals surface area (Å²) in [7, 11) is 5.74. The van der Waals surface area contributed by atoms with E-state index in [0.29, 0.717) is 39.0 Å². The molecule has 0 saturated carbocycles. The third-order valence-corrected chi connectivity index (χ3v) is 11.4. The van der Waals surface area contributed by atoms with E-state index in [-0.39, 0.29) is 55.7 Å². The molecule has 50 heavy (non-hydrogen) atoms. The van der Waals surface area contributed by atoms with Crippen molar-refractivity contribution < 1.29 is 47.6 Å². The summed E-state index contributed by atoms with van der Waals surface area (Å²) in [6.45, 7) is 5.93. The fourth-order valence-corrected chi connectivity index (χ4v) is 8.46. The number of Topliss-reactive ketones (excluding diaryl/α,β-unsaturated/α-hetero) is 2. The summed E-state index contributed by atoms with van der Waals surface area (Å²) in [5, 5.41) is 0.208. The van der Waals surface area contributed by atoms with Crippen LogP contribution in [0.2, 0.25) is 10.0 Å². The van der Waals surface area contributed by atoms with E-state index in [9.17, 15) is 19.2 Å². The molecule has 0 bridgehead atoms. The van der Waals surface area contributed by atoms with Crippen molar-refractivity contribution in [1.29, 1.82) is 0 Å². The van der Waals surface area contributed by atoms with Crippen LogP contribution in [0.15, 0.2) is 35.7 Å². The third-order valence-electron chi connectivity index (χ3n) is 10.7. The molecular weight excluding hydrogens is 691 g/mol. The van der Waals surface area contributed by atoms with E-state index in [4.69, 9.17) is 51.6 Å². The van der Waals surface area contributed by atoms with Crippen molar-refractivity contribution in [2.24, 2.45) is 11.8 Å². The van der Waals surface area contributed by atoms with Gasteiger partial charge in [-0.15, -0.1) is 0 Å². The van der Waals surface area contributed by atoms with Gasteiger partial charge in [0, 0.05) is 73.7 Å². The number of halogens is 2. The number of ketones is 4. The standard InChI is InChI=1S/C36H36Cl2N2O10/c1-17-11-19(13-25(41)35(17)33(43)27-21(45-3)15-23(47-5)29(37)31(27)49-35)39-7-9-40(10-8-39)20-12-18(2)36(26(42)14-20)34(44)28-22(46-4)16-24(48-6)30(38)32(28)50-36/h13-18H,7-12H2,1-6H3/t17-,18-,35+,36+/m1/s1. The molecule has 0 N–H and O–H groups in total. The molecule has 3 heterocycles. The predicted molar refractivity (Wildman–Crippen MR) is 181 cm³/mol. The first-order valence-corrected chi connectivity index (χ1v) is 17.0. The van der Waals surface area contributed by atoms with Crippen LogP contribution < -0.4 is 28.4 Å². The van der Waals surface area contributed by atoms with Crippen LogP contribution in [0, 0.1) is 11.8 Å². The molecule has 2 aromatic carbocycles. The number of fused-ring (bicyclic) bond motifs is 2. The van der Waals surface area contributed by atoms with Crippen molar-refractivity contribution in [3.63, 3.8) is 0 Å². The van der Waals surface area contributed by atoms with Crippen LogP contribution in [0.25, 0.3) is 0 Å². The molecule has 3 aliphatic heterocycles. The molecule has 14 heteroatoms. The maximum absolute atomic E-state index is 13.9. The number of allylic oxidation sites excluding steroid dienone is 2. The molecule has 0 amide bonds. The van der Waals surface area contributed by atoms with E-state index in [0.717, 1.165) is 11.4 Å². The Morgan fingerprint density at radius 1 is 0.620 bits per heavy atom. The zero-order valence-corrected chi connectivity index (χ0v) is 30.0. The van der Waals surface area contributed by atoms with Crippen LogP contribution in [-0.2, 0) is 9.59 Å². The number of hydrogen-bond donors (Lipinski definition) is 0. The lowest BCUT2D eigenvalue weighted by Gasteiger charge is -2.44. The molecule has 264 valence electrons. The highest BCUT2D eigenvalue weighted by molar-refractivity contribution is 6.37. The van der Waals surface area contributed by atoms with E-state index in [2.05, 4.69) is 9.80 Å². The average molecular weight is 728 g/mol. The number of hydrogen-bond acceptors (Lipinski definition) is 12. The lowest BCUT2D eigenvalue weighted by molar-refractivity contribution is -0.130. The molecule has 0 aromatic heterocycles. The summed E-state index contributed by atoms with van der Waals surface area (Å²) in [6, 6.07) is 3.02. The SMILES string of the molecule is COc1cc(OC)c2c(c1Cl)O[C@@]1(C(=O)C=C(N3CCN(C4=CC(=O)[C@@]5(Oc6c(Cl)c(OC)cc(OC)c6C5=O)[C@H](C)C4)CC3)C[C@H]1C)C2=O. The number of methoxy groups -OCH3 is 4. The highest BCUT2D eigenvalue weighted by atomic mass is 35.5. The van der Waals surface area contributed by atoms with Crippen LogP contribution >= 0.6 is 23.2 Å². The van der Waals surface area contributed by atoms with E-state index in [1.165, 1.54) is 52.7 Å². The highest BCUT2D eigenvalue weighted by Crippen LogP contribution is 2.55. The first-order valence-electron chi connectivity index (χ1n) is 16.2. The van der Waals surface area contributed by atoms with Crippen LogP contribution in [0.3, 0.4) is 0 Å². The number of benzene rings is 2. The predicted octanol–water partition coefficient (Wildman–Crippen LogP) is 4.96. The highest BCUT2D eigenvalue weighted by Gasteiger charge is 2.62. The van der Waals surface area contributed by atoms with E-state index in [1.54, 1.807) is 0 Å². The number of rotatable bonds is 6. The van der Waals surface area contributed by atoms with Crippen molar-refractivity contribution >= 4 is 46.3 Å². The van der Waals surface area contributed by atoms with Gasteiger partial charge in [0.05, 0.1) is 28.4 Å². The molecule has 2 spiro atoms.